The van der Waals surface area contributed by atoms with Gasteiger partial charge in [0.05, 0.1) is 6.04 Å². The molecule has 1 atom stereocenters. The molecule has 0 bridgehead atoms. The SMILES string of the molecule is CC(Nc1nn(C)c(=O)n(C)c1=O)c1ccncc1. The zero-order valence-electron chi connectivity index (χ0n) is 11.0. The zero-order valence-corrected chi connectivity index (χ0v) is 11.0. The molecule has 1 N–H and O–H groups in total. The Morgan fingerprint density at radius 1 is 1.21 bits per heavy atom. The van der Waals surface area contributed by atoms with Gasteiger partial charge in [0.2, 0.25) is 5.82 Å². The van der Waals surface area contributed by atoms with Crippen molar-refractivity contribution in [3.8, 4) is 0 Å². The minimum atomic E-state index is -0.452. The van der Waals surface area contributed by atoms with E-state index in [1.807, 2.05) is 19.1 Å². The average Bonchev–Trinajstić information content (AvgIpc) is 2.43. The first-order chi connectivity index (χ1) is 9.00. The number of aryl methyl sites for hydroxylation is 1. The van der Waals surface area contributed by atoms with Crippen LogP contribution in [-0.4, -0.2) is 19.3 Å². The minimum absolute atomic E-state index is 0.110. The van der Waals surface area contributed by atoms with Gasteiger partial charge in [-0.05, 0) is 24.6 Å². The lowest BCUT2D eigenvalue weighted by atomic mass is 10.1. The highest BCUT2D eigenvalue weighted by atomic mass is 16.2. The van der Waals surface area contributed by atoms with E-state index in [4.69, 9.17) is 0 Å². The molecule has 19 heavy (non-hydrogen) atoms. The number of anilines is 1. The van der Waals surface area contributed by atoms with E-state index in [0.717, 1.165) is 14.8 Å². The summed E-state index contributed by atoms with van der Waals surface area (Å²) in [6.07, 6.45) is 3.36. The van der Waals surface area contributed by atoms with Crippen molar-refractivity contribution in [1.29, 1.82) is 0 Å². The van der Waals surface area contributed by atoms with E-state index in [-0.39, 0.29) is 11.9 Å². The summed E-state index contributed by atoms with van der Waals surface area (Å²) in [5.41, 5.74) is 0.0869. The Labute approximate surface area is 109 Å². The van der Waals surface area contributed by atoms with Crippen molar-refractivity contribution in [2.45, 2.75) is 13.0 Å². The van der Waals surface area contributed by atoms with E-state index < -0.39 is 11.2 Å². The van der Waals surface area contributed by atoms with Crippen LogP contribution in [0.25, 0.3) is 0 Å². The number of rotatable bonds is 3. The predicted molar refractivity (Wildman–Crippen MR) is 71.0 cm³/mol. The van der Waals surface area contributed by atoms with E-state index >= 15 is 0 Å². The molecule has 0 aromatic carbocycles. The van der Waals surface area contributed by atoms with Crippen LogP contribution in [-0.2, 0) is 14.1 Å². The third-order valence-electron chi connectivity index (χ3n) is 2.88. The number of nitrogens with zero attached hydrogens (tertiary/aromatic N) is 4. The second-order valence-corrected chi connectivity index (χ2v) is 4.27. The summed E-state index contributed by atoms with van der Waals surface area (Å²) < 4.78 is 2.15. The van der Waals surface area contributed by atoms with E-state index in [1.165, 1.54) is 14.1 Å². The first kappa shape index (κ1) is 13.0. The molecule has 100 valence electrons. The van der Waals surface area contributed by atoms with Gasteiger partial charge in [-0.15, -0.1) is 5.10 Å². The number of hydrogen-bond donors (Lipinski definition) is 1. The molecule has 0 fully saturated rings. The molecule has 0 radical (unpaired) electrons. The molecule has 2 aromatic heterocycles. The number of pyridine rings is 1. The normalized spacial score (nSPS) is 12.2. The summed E-state index contributed by atoms with van der Waals surface area (Å²) in [7, 11) is 2.93. The first-order valence-corrected chi connectivity index (χ1v) is 5.81. The van der Waals surface area contributed by atoms with Crippen molar-refractivity contribution in [2.24, 2.45) is 14.1 Å². The van der Waals surface area contributed by atoms with Crippen molar-refractivity contribution in [3.63, 3.8) is 0 Å². The van der Waals surface area contributed by atoms with Gasteiger partial charge in [0.25, 0.3) is 5.56 Å². The molecule has 1 unspecified atom stereocenters. The lowest BCUT2D eigenvalue weighted by Crippen LogP contribution is -2.40. The van der Waals surface area contributed by atoms with Crippen LogP contribution < -0.4 is 16.6 Å². The van der Waals surface area contributed by atoms with Gasteiger partial charge >= 0.3 is 5.69 Å². The second kappa shape index (κ2) is 5.05. The fraction of sp³-hybridized carbons (Fsp3) is 0.333. The van der Waals surface area contributed by atoms with Gasteiger partial charge in [-0.1, -0.05) is 0 Å². The smallest absolute Gasteiger partial charge is 0.346 e. The molecular formula is C12H15N5O2. The quantitative estimate of drug-likeness (QED) is 0.844. The standard InChI is InChI=1S/C12H15N5O2/c1-8(9-4-6-13-7-5-9)14-10-11(18)16(2)12(19)17(3)15-10/h4-8H,1-3H3,(H,14,15). The van der Waals surface area contributed by atoms with Crippen LogP contribution in [0, 0.1) is 0 Å². The maximum Gasteiger partial charge on any atom is 0.346 e. The Morgan fingerprint density at radius 3 is 2.47 bits per heavy atom. The van der Waals surface area contributed by atoms with E-state index in [0.29, 0.717) is 0 Å². The number of aromatic nitrogens is 4. The van der Waals surface area contributed by atoms with Crippen LogP contribution >= 0.6 is 0 Å². The maximum absolute atomic E-state index is 11.9. The Hall–Kier alpha value is -2.44. The van der Waals surface area contributed by atoms with Crippen molar-refractivity contribution in [2.75, 3.05) is 5.32 Å². The molecular weight excluding hydrogens is 246 g/mol. The Morgan fingerprint density at radius 2 is 1.84 bits per heavy atom. The molecule has 7 heteroatoms. The molecule has 2 rings (SSSR count). The van der Waals surface area contributed by atoms with Crippen molar-refractivity contribution in [1.82, 2.24) is 19.3 Å². The Bertz CT molecular complexity index is 690. The topological polar surface area (TPSA) is 81.8 Å². The minimum Gasteiger partial charge on any atom is -0.358 e. The Kier molecular flexibility index (Phi) is 3.46. The van der Waals surface area contributed by atoms with Crippen molar-refractivity contribution in [3.05, 3.63) is 50.9 Å². The summed E-state index contributed by atoms with van der Waals surface area (Å²) in [5, 5.41) is 6.95. The summed E-state index contributed by atoms with van der Waals surface area (Å²) in [6.45, 7) is 1.90. The maximum atomic E-state index is 11.9. The molecule has 0 aliphatic carbocycles. The van der Waals surface area contributed by atoms with Gasteiger partial charge in [0.1, 0.15) is 0 Å². The monoisotopic (exact) mass is 261 g/mol. The summed E-state index contributed by atoms with van der Waals surface area (Å²) in [4.78, 5) is 27.4. The molecule has 0 aliphatic heterocycles. The molecule has 2 heterocycles. The molecule has 0 spiro atoms. The summed E-state index contributed by atoms with van der Waals surface area (Å²) >= 11 is 0. The molecule has 0 aliphatic rings. The van der Waals surface area contributed by atoms with Crippen LogP contribution in [0.15, 0.2) is 34.1 Å². The van der Waals surface area contributed by atoms with E-state index in [9.17, 15) is 9.59 Å². The lowest BCUT2D eigenvalue weighted by Gasteiger charge is -2.14. The number of nitrogens with one attached hydrogen (secondary N) is 1. The fourth-order valence-corrected chi connectivity index (χ4v) is 1.73. The molecule has 0 amide bonds. The molecule has 7 nitrogen and oxygen atoms in total. The summed E-state index contributed by atoms with van der Waals surface area (Å²) in [5.74, 6) is 0.147. The number of hydrogen-bond acceptors (Lipinski definition) is 5. The third kappa shape index (κ3) is 2.54. The first-order valence-electron chi connectivity index (χ1n) is 5.81. The zero-order chi connectivity index (χ0) is 14.0. The molecule has 0 saturated carbocycles. The summed E-state index contributed by atoms with van der Waals surface area (Å²) in [6, 6.07) is 3.59. The van der Waals surface area contributed by atoms with Gasteiger partial charge in [-0.3, -0.25) is 14.3 Å². The van der Waals surface area contributed by atoms with Crippen molar-refractivity contribution >= 4 is 5.82 Å². The van der Waals surface area contributed by atoms with Gasteiger partial charge < -0.3 is 5.32 Å². The van der Waals surface area contributed by atoms with Crippen LogP contribution in [0.1, 0.15) is 18.5 Å². The van der Waals surface area contributed by atoms with Crippen LogP contribution in [0.4, 0.5) is 5.82 Å². The van der Waals surface area contributed by atoms with Crippen LogP contribution in [0.3, 0.4) is 0 Å². The fourth-order valence-electron chi connectivity index (χ4n) is 1.73. The van der Waals surface area contributed by atoms with Crippen molar-refractivity contribution < 1.29 is 0 Å². The highest BCUT2D eigenvalue weighted by Crippen LogP contribution is 2.13. The predicted octanol–water partition coefficient (Wildman–Crippen LogP) is 0.0471. The lowest BCUT2D eigenvalue weighted by molar-refractivity contribution is 0.601. The van der Waals surface area contributed by atoms with Crippen LogP contribution in [0.2, 0.25) is 0 Å². The third-order valence-corrected chi connectivity index (χ3v) is 2.88. The van der Waals surface area contributed by atoms with Crippen LogP contribution in [0.5, 0.6) is 0 Å². The van der Waals surface area contributed by atoms with Gasteiger partial charge in [0.15, 0.2) is 0 Å². The van der Waals surface area contributed by atoms with E-state index in [1.54, 1.807) is 12.4 Å². The highest BCUT2D eigenvalue weighted by molar-refractivity contribution is 5.34. The second-order valence-electron chi connectivity index (χ2n) is 4.27. The highest BCUT2D eigenvalue weighted by Gasteiger charge is 2.12. The van der Waals surface area contributed by atoms with Gasteiger partial charge in [-0.25, -0.2) is 9.48 Å². The largest absolute Gasteiger partial charge is 0.358 e. The van der Waals surface area contributed by atoms with Gasteiger partial charge in [-0.2, -0.15) is 0 Å². The molecule has 2 aromatic rings. The van der Waals surface area contributed by atoms with E-state index in [2.05, 4.69) is 15.4 Å². The average molecular weight is 261 g/mol. The molecule has 0 saturated heterocycles. The Balaban J connectivity index is 2.35. The van der Waals surface area contributed by atoms with Gasteiger partial charge in [0, 0.05) is 26.5 Å².